The summed E-state index contributed by atoms with van der Waals surface area (Å²) in [6.45, 7) is 4.84. The summed E-state index contributed by atoms with van der Waals surface area (Å²) in [5, 5.41) is 0. The molecule has 2 amide bonds. The van der Waals surface area contributed by atoms with Crippen molar-refractivity contribution in [1.82, 2.24) is 4.90 Å². The largest absolute Gasteiger partial charge is 0.369 e. The summed E-state index contributed by atoms with van der Waals surface area (Å²) in [5.41, 5.74) is 7.11. The van der Waals surface area contributed by atoms with Gasteiger partial charge in [-0.05, 0) is 36.0 Å². The van der Waals surface area contributed by atoms with E-state index >= 15 is 0 Å². The van der Waals surface area contributed by atoms with Crippen molar-refractivity contribution in [2.24, 2.45) is 17.1 Å². The maximum Gasteiger partial charge on any atom is 0.225 e. The summed E-state index contributed by atoms with van der Waals surface area (Å²) in [4.78, 5) is 26.7. The van der Waals surface area contributed by atoms with Gasteiger partial charge in [0, 0.05) is 25.1 Å². The Labute approximate surface area is 165 Å². The topological polar surface area (TPSA) is 63.4 Å². The molecule has 0 unspecified atom stereocenters. The number of hydrogen-bond donors (Lipinski definition) is 1. The van der Waals surface area contributed by atoms with Crippen LogP contribution in [-0.2, 0) is 16.0 Å². The van der Waals surface area contributed by atoms with E-state index in [0.29, 0.717) is 37.9 Å². The van der Waals surface area contributed by atoms with Crippen LogP contribution in [0.2, 0.25) is 0 Å². The molecule has 2 aromatic carbocycles. The Bertz CT molecular complexity index is 880. The van der Waals surface area contributed by atoms with Crippen LogP contribution in [0, 0.1) is 17.2 Å². The summed E-state index contributed by atoms with van der Waals surface area (Å²) in [6, 6.07) is 14.1. The number of primary amides is 1. The molecule has 0 saturated carbocycles. The fourth-order valence-corrected chi connectivity index (χ4v) is 3.98. The fraction of sp³-hybridized carbons (Fsp3) is 0.391. The van der Waals surface area contributed by atoms with Crippen LogP contribution in [0.5, 0.6) is 0 Å². The van der Waals surface area contributed by atoms with Crippen molar-refractivity contribution in [2.45, 2.75) is 33.1 Å². The average molecular weight is 382 g/mol. The van der Waals surface area contributed by atoms with Crippen LogP contribution in [0.25, 0.3) is 11.1 Å². The van der Waals surface area contributed by atoms with E-state index < -0.39 is 11.3 Å². The first-order valence-corrected chi connectivity index (χ1v) is 9.73. The van der Waals surface area contributed by atoms with Gasteiger partial charge in [0.1, 0.15) is 5.82 Å². The summed E-state index contributed by atoms with van der Waals surface area (Å²) < 4.78 is 14.4. The fourth-order valence-electron chi connectivity index (χ4n) is 3.98. The van der Waals surface area contributed by atoms with Gasteiger partial charge < -0.3 is 10.6 Å². The molecular formula is C23H27FN2O2. The second kappa shape index (κ2) is 8.13. The standard InChI is InChI=1S/C23H27FN2O2/c1-16(2)13-21(27)26-12-11-23(15-26,22(25)28)14-17-7-3-4-8-18(17)19-9-5-6-10-20(19)24/h3-10,16H,11-15H2,1-2H3,(H2,25,28)/t23-/m0/s1. The van der Waals surface area contributed by atoms with E-state index in [1.165, 1.54) is 6.07 Å². The van der Waals surface area contributed by atoms with Gasteiger partial charge in [-0.25, -0.2) is 4.39 Å². The van der Waals surface area contributed by atoms with Crippen molar-refractivity contribution in [2.75, 3.05) is 13.1 Å². The maximum atomic E-state index is 14.4. The number of nitrogens with zero attached hydrogens (tertiary/aromatic N) is 1. The normalized spacial score (nSPS) is 19.2. The van der Waals surface area contributed by atoms with Crippen LogP contribution in [0.3, 0.4) is 0 Å². The molecule has 1 saturated heterocycles. The van der Waals surface area contributed by atoms with E-state index in [0.717, 1.165) is 11.1 Å². The van der Waals surface area contributed by atoms with E-state index in [1.54, 1.807) is 23.1 Å². The highest BCUT2D eigenvalue weighted by Crippen LogP contribution is 2.38. The van der Waals surface area contributed by atoms with Gasteiger partial charge in [0.15, 0.2) is 0 Å². The minimum Gasteiger partial charge on any atom is -0.369 e. The number of carbonyl (C=O) groups is 2. The average Bonchev–Trinajstić information content (AvgIpc) is 3.08. The first-order valence-electron chi connectivity index (χ1n) is 9.73. The lowest BCUT2D eigenvalue weighted by Crippen LogP contribution is -2.42. The number of hydrogen-bond acceptors (Lipinski definition) is 2. The molecule has 1 heterocycles. The Hall–Kier alpha value is -2.69. The van der Waals surface area contributed by atoms with Crippen LogP contribution in [0.15, 0.2) is 48.5 Å². The second-order valence-corrected chi connectivity index (χ2v) is 8.12. The highest BCUT2D eigenvalue weighted by Gasteiger charge is 2.45. The Morgan fingerprint density at radius 2 is 1.75 bits per heavy atom. The first-order chi connectivity index (χ1) is 13.3. The minimum atomic E-state index is -0.825. The van der Waals surface area contributed by atoms with Crippen molar-refractivity contribution < 1.29 is 14.0 Å². The molecule has 1 atom stereocenters. The van der Waals surface area contributed by atoms with E-state index in [4.69, 9.17) is 5.73 Å². The molecule has 0 radical (unpaired) electrons. The predicted octanol–water partition coefficient (Wildman–Crippen LogP) is 3.79. The molecule has 0 spiro atoms. The van der Waals surface area contributed by atoms with E-state index in [2.05, 4.69) is 0 Å². The van der Waals surface area contributed by atoms with E-state index in [1.807, 2.05) is 38.1 Å². The molecule has 28 heavy (non-hydrogen) atoms. The minimum absolute atomic E-state index is 0.0560. The van der Waals surface area contributed by atoms with Gasteiger partial charge in [0.25, 0.3) is 0 Å². The molecule has 4 nitrogen and oxygen atoms in total. The summed E-state index contributed by atoms with van der Waals surface area (Å²) in [6.07, 6.45) is 1.37. The molecule has 1 aliphatic rings. The van der Waals surface area contributed by atoms with Crippen LogP contribution >= 0.6 is 0 Å². The lowest BCUT2D eigenvalue weighted by atomic mass is 9.78. The van der Waals surface area contributed by atoms with Crippen molar-refractivity contribution in [3.8, 4) is 11.1 Å². The zero-order valence-electron chi connectivity index (χ0n) is 16.5. The SMILES string of the molecule is CC(C)CC(=O)N1CC[C@@](Cc2ccccc2-c2ccccc2F)(C(N)=O)C1. The number of rotatable bonds is 6. The molecule has 5 heteroatoms. The smallest absolute Gasteiger partial charge is 0.225 e. The van der Waals surface area contributed by atoms with Gasteiger partial charge in [0.2, 0.25) is 11.8 Å². The van der Waals surface area contributed by atoms with E-state index in [-0.39, 0.29) is 17.6 Å². The number of halogens is 1. The van der Waals surface area contributed by atoms with Crippen LogP contribution in [0.4, 0.5) is 4.39 Å². The first kappa shape index (κ1) is 20.1. The Balaban J connectivity index is 1.90. The van der Waals surface area contributed by atoms with Crippen LogP contribution < -0.4 is 5.73 Å². The molecular weight excluding hydrogens is 355 g/mol. The van der Waals surface area contributed by atoms with Gasteiger partial charge in [-0.3, -0.25) is 9.59 Å². The van der Waals surface area contributed by atoms with Crippen LogP contribution in [0.1, 0.15) is 32.3 Å². The van der Waals surface area contributed by atoms with Gasteiger partial charge >= 0.3 is 0 Å². The summed E-state index contributed by atoms with van der Waals surface area (Å²) in [7, 11) is 0. The molecule has 2 N–H and O–H groups in total. The van der Waals surface area contributed by atoms with Gasteiger partial charge in [0.05, 0.1) is 5.41 Å². The third-order valence-corrected chi connectivity index (χ3v) is 5.52. The zero-order chi connectivity index (χ0) is 20.3. The highest BCUT2D eigenvalue weighted by molar-refractivity contribution is 5.85. The molecule has 0 aliphatic carbocycles. The quantitative estimate of drug-likeness (QED) is 0.826. The third-order valence-electron chi connectivity index (χ3n) is 5.52. The van der Waals surface area contributed by atoms with Crippen molar-refractivity contribution >= 4 is 11.8 Å². The zero-order valence-corrected chi connectivity index (χ0v) is 16.5. The predicted molar refractivity (Wildman–Crippen MR) is 108 cm³/mol. The highest BCUT2D eigenvalue weighted by atomic mass is 19.1. The Morgan fingerprint density at radius 3 is 2.39 bits per heavy atom. The molecule has 3 rings (SSSR count). The second-order valence-electron chi connectivity index (χ2n) is 8.12. The van der Waals surface area contributed by atoms with E-state index in [9.17, 15) is 14.0 Å². The number of carbonyl (C=O) groups excluding carboxylic acids is 2. The van der Waals surface area contributed by atoms with Gasteiger partial charge in [-0.15, -0.1) is 0 Å². The summed E-state index contributed by atoms with van der Waals surface area (Å²) >= 11 is 0. The number of nitrogens with two attached hydrogens (primary N) is 1. The monoisotopic (exact) mass is 382 g/mol. The summed E-state index contributed by atoms with van der Waals surface area (Å²) in [5.74, 6) is -0.391. The van der Waals surface area contributed by atoms with Gasteiger partial charge in [-0.1, -0.05) is 56.3 Å². The van der Waals surface area contributed by atoms with Crippen molar-refractivity contribution in [3.63, 3.8) is 0 Å². The molecule has 148 valence electrons. The molecule has 2 aromatic rings. The third kappa shape index (κ3) is 4.08. The Morgan fingerprint density at radius 1 is 1.11 bits per heavy atom. The number of amides is 2. The molecule has 0 aromatic heterocycles. The van der Waals surface area contributed by atoms with Crippen molar-refractivity contribution in [1.29, 1.82) is 0 Å². The van der Waals surface area contributed by atoms with Crippen LogP contribution in [-0.4, -0.2) is 29.8 Å². The lowest BCUT2D eigenvalue weighted by molar-refractivity contribution is -0.132. The molecule has 0 bridgehead atoms. The molecule has 1 fully saturated rings. The number of benzene rings is 2. The van der Waals surface area contributed by atoms with Crippen molar-refractivity contribution in [3.05, 3.63) is 59.9 Å². The Kier molecular flexibility index (Phi) is 5.82. The van der Waals surface area contributed by atoms with Gasteiger partial charge in [-0.2, -0.15) is 0 Å². The maximum absolute atomic E-state index is 14.4. The number of likely N-dealkylation sites (tertiary alicyclic amines) is 1. The molecule has 1 aliphatic heterocycles. The lowest BCUT2D eigenvalue weighted by Gasteiger charge is -2.27.